The zero-order valence-electron chi connectivity index (χ0n) is 21.1. The van der Waals surface area contributed by atoms with E-state index in [9.17, 15) is 35.7 Å². The molecule has 0 aromatic heterocycles. The van der Waals surface area contributed by atoms with E-state index in [-0.39, 0.29) is 30.5 Å². The zero-order chi connectivity index (χ0) is 25.8. The van der Waals surface area contributed by atoms with Crippen molar-refractivity contribution in [1.82, 2.24) is 0 Å². The predicted octanol–water partition coefficient (Wildman–Crippen LogP) is 0.0761. The Morgan fingerprint density at radius 1 is 1.03 bits per heavy atom. The highest BCUT2D eigenvalue weighted by Crippen LogP contribution is 2.64. The number of fused-ring (bicyclic) bond motifs is 3. The molecule has 0 aromatic carbocycles. The van der Waals surface area contributed by atoms with Crippen LogP contribution < -0.4 is 0 Å². The van der Waals surface area contributed by atoms with Gasteiger partial charge in [0.25, 0.3) is 0 Å². The van der Waals surface area contributed by atoms with E-state index in [4.69, 9.17) is 9.47 Å². The van der Waals surface area contributed by atoms with E-state index in [2.05, 4.69) is 19.9 Å². The summed E-state index contributed by atoms with van der Waals surface area (Å²) in [6, 6.07) is 0. The maximum Gasteiger partial charge on any atom is 0.186 e. The molecule has 1 aliphatic heterocycles. The lowest BCUT2D eigenvalue weighted by molar-refractivity contribution is -0.310. The number of ether oxygens (including phenoxy) is 2. The minimum absolute atomic E-state index is 0.180. The molecule has 4 aliphatic rings. The number of aliphatic hydroxyl groups is 7. The minimum Gasteiger partial charge on any atom is -0.394 e. The van der Waals surface area contributed by atoms with E-state index in [0.29, 0.717) is 12.8 Å². The van der Waals surface area contributed by atoms with Gasteiger partial charge in [-0.15, -0.1) is 0 Å². The highest BCUT2D eigenvalue weighted by molar-refractivity contribution is 5.25. The van der Waals surface area contributed by atoms with Gasteiger partial charge in [0.1, 0.15) is 24.4 Å². The summed E-state index contributed by atoms with van der Waals surface area (Å²) in [6.45, 7) is 5.76. The summed E-state index contributed by atoms with van der Waals surface area (Å²) in [7, 11) is 0. The molecule has 35 heavy (non-hydrogen) atoms. The first kappa shape index (κ1) is 27.4. The van der Waals surface area contributed by atoms with Crippen LogP contribution in [0.3, 0.4) is 0 Å². The molecule has 3 fully saturated rings. The fourth-order valence-corrected chi connectivity index (χ4v) is 7.92. The zero-order valence-corrected chi connectivity index (χ0v) is 21.1. The average Bonchev–Trinajstić information content (AvgIpc) is 2.80. The van der Waals surface area contributed by atoms with Crippen LogP contribution in [0.5, 0.6) is 0 Å². The van der Waals surface area contributed by atoms with Gasteiger partial charge in [-0.05, 0) is 61.2 Å². The molecule has 9 nitrogen and oxygen atoms in total. The number of hydrogen-bond acceptors (Lipinski definition) is 9. The van der Waals surface area contributed by atoms with Gasteiger partial charge >= 0.3 is 0 Å². The van der Waals surface area contributed by atoms with Gasteiger partial charge in [-0.25, -0.2) is 0 Å². The molecule has 2 saturated carbocycles. The number of hydrogen-bond donors (Lipinski definition) is 7. The summed E-state index contributed by atoms with van der Waals surface area (Å²) in [4.78, 5) is 0. The Balaban J connectivity index is 1.54. The van der Waals surface area contributed by atoms with Gasteiger partial charge in [0.2, 0.25) is 0 Å². The lowest BCUT2D eigenvalue weighted by Gasteiger charge is -2.61. The Morgan fingerprint density at radius 2 is 1.74 bits per heavy atom. The van der Waals surface area contributed by atoms with Crippen LogP contribution in [0.1, 0.15) is 59.3 Å². The maximum atomic E-state index is 11.0. The maximum absolute atomic E-state index is 11.0. The Labute approximate surface area is 207 Å². The molecule has 0 bridgehead atoms. The second-order valence-corrected chi connectivity index (χ2v) is 12.3. The van der Waals surface area contributed by atoms with E-state index in [1.807, 2.05) is 6.92 Å². The Hall–Kier alpha value is -0.620. The molecule has 9 heteroatoms. The Morgan fingerprint density at radius 3 is 2.40 bits per heavy atom. The van der Waals surface area contributed by atoms with E-state index in [1.54, 1.807) is 0 Å². The van der Waals surface area contributed by atoms with Crippen molar-refractivity contribution in [3.63, 3.8) is 0 Å². The number of allylic oxidation sites excluding steroid dienone is 1. The SMILES string of the molecule is C[C@@]1(CO[C@@H]2O[C@H](CO)[C@@H](O)[C@H](O)[C@H]2O)C[C@@H](O)C[C@@]2(C)[C@@H]3CC[C@](C)([C@@H](O)CO)C=C3CC[C@H]12. The van der Waals surface area contributed by atoms with Crippen molar-refractivity contribution < 1.29 is 45.2 Å². The lowest BCUT2D eigenvalue weighted by Crippen LogP contribution is -2.60. The fourth-order valence-electron chi connectivity index (χ4n) is 7.92. The van der Waals surface area contributed by atoms with Gasteiger partial charge in [-0.1, -0.05) is 32.4 Å². The molecule has 12 atom stereocenters. The topological polar surface area (TPSA) is 160 Å². The number of aliphatic hydroxyl groups excluding tert-OH is 7. The van der Waals surface area contributed by atoms with E-state index in [0.717, 1.165) is 25.7 Å². The van der Waals surface area contributed by atoms with Crippen molar-refractivity contribution in [2.24, 2.45) is 28.1 Å². The summed E-state index contributed by atoms with van der Waals surface area (Å²) in [5.74, 6) is 0.499. The van der Waals surface area contributed by atoms with Crippen molar-refractivity contribution in [1.29, 1.82) is 0 Å². The van der Waals surface area contributed by atoms with E-state index >= 15 is 0 Å². The summed E-state index contributed by atoms with van der Waals surface area (Å²) < 4.78 is 11.6. The van der Waals surface area contributed by atoms with Crippen LogP contribution in [0, 0.1) is 28.1 Å². The lowest BCUT2D eigenvalue weighted by atomic mass is 9.44. The van der Waals surface area contributed by atoms with Crippen molar-refractivity contribution >= 4 is 0 Å². The summed E-state index contributed by atoms with van der Waals surface area (Å²) in [6.07, 6.45) is -1.11. The molecule has 1 heterocycles. The molecule has 0 spiro atoms. The van der Waals surface area contributed by atoms with E-state index in [1.165, 1.54) is 5.57 Å². The van der Waals surface area contributed by atoms with E-state index < -0.39 is 60.4 Å². The third kappa shape index (κ3) is 4.73. The molecule has 202 valence electrons. The van der Waals surface area contributed by atoms with Gasteiger partial charge in [-0.3, -0.25) is 0 Å². The first-order chi connectivity index (χ1) is 16.4. The van der Waals surface area contributed by atoms with Gasteiger partial charge in [0, 0.05) is 5.41 Å². The summed E-state index contributed by atoms with van der Waals surface area (Å²) in [5.41, 5.74) is 0.256. The number of rotatable bonds is 6. The van der Waals surface area contributed by atoms with Crippen molar-refractivity contribution in [2.75, 3.05) is 19.8 Å². The minimum atomic E-state index is -1.49. The van der Waals surface area contributed by atoms with Gasteiger partial charge in [-0.2, -0.15) is 0 Å². The largest absolute Gasteiger partial charge is 0.394 e. The average molecular weight is 501 g/mol. The second-order valence-electron chi connectivity index (χ2n) is 12.3. The monoisotopic (exact) mass is 500 g/mol. The van der Waals surface area contributed by atoms with Crippen LogP contribution in [0.25, 0.3) is 0 Å². The standard InChI is InChI=1S/C26H44O9/c1-24(19(30)12-28)7-6-16-14(8-24)4-5-18-25(2,9-15(29)10-26(16,18)3)13-34-23-22(33)21(32)20(31)17(11-27)35-23/h8,15-23,27-33H,4-7,9-13H2,1-3H3/t15-,16-,17-,18-,19+,20-,21+,22-,23-,24+,25+,26+/m1/s1. The molecule has 0 amide bonds. The third-order valence-electron chi connectivity index (χ3n) is 9.83. The van der Waals surface area contributed by atoms with Crippen LogP contribution in [0.4, 0.5) is 0 Å². The molecule has 7 N–H and O–H groups in total. The third-order valence-corrected chi connectivity index (χ3v) is 9.83. The van der Waals surface area contributed by atoms with Crippen molar-refractivity contribution in [3.05, 3.63) is 11.6 Å². The quantitative estimate of drug-likeness (QED) is 0.251. The van der Waals surface area contributed by atoms with Crippen molar-refractivity contribution in [3.8, 4) is 0 Å². The first-order valence-electron chi connectivity index (χ1n) is 13.0. The highest BCUT2D eigenvalue weighted by Gasteiger charge is 2.58. The second kappa shape index (κ2) is 9.93. The summed E-state index contributed by atoms with van der Waals surface area (Å²) in [5, 5.41) is 71.0. The molecule has 0 radical (unpaired) electrons. The van der Waals surface area contributed by atoms with Crippen LogP contribution >= 0.6 is 0 Å². The van der Waals surface area contributed by atoms with Crippen molar-refractivity contribution in [2.45, 2.75) is 102 Å². The van der Waals surface area contributed by atoms with Gasteiger partial charge in [0.05, 0.1) is 32.0 Å². The fraction of sp³-hybridized carbons (Fsp3) is 0.923. The molecule has 3 aliphatic carbocycles. The van der Waals surface area contributed by atoms with Gasteiger partial charge in [0.15, 0.2) is 6.29 Å². The molecular formula is C26H44O9. The first-order valence-corrected chi connectivity index (χ1v) is 13.0. The smallest absolute Gasteiger partial charge is 0.186 e. The molecule has 0 aromatic rings. The normalized spacial score (nSPS) is 51.2. The molecule has 1 saturated heterocycles. The van der Waals surface area contributed by atoms with Crippen LogP contribution in [-0.2, 0) is 9.47 Å². The van der Waals surface area contributed by atoms with Crippen LogP contribution in [0.2, 0.25) is 0 Å². The molecule has 0 unspecified atom stereocenters. The van der Waals surface area contributed by atoms with Crippen LogP contribution in [0.15, 0.2) is 11.6 Å². The Kier molecular flexibility index (Phi) is 7.77. The molecular weight excluding hydrogens is 456 g/mol. The van der Waals surface area contributed by atoms with Crippen LogP contribution in [-0.4, -0.2) is 98.5 Å². The van der Waals surface area contributed by atoms with Gasteiger partial charge < -0.3 is 45.2 Å². The predicted molar refractivity (Wildman–Crippen MR) is 126 cm³/mol. The highest BCUT2D eigenvalue weighted by atomic mass is 16.7. The Bertz CT molecular complexity index is 789. The molecule has 4 rings (SSSR count). The summed E-state index contributed by atoms with van der Waals surface area (Å²) >= 11 is 0.